The van der Waals surface area contributed by atoms with E-state index in [0.717, 1.165) is 17.7 Å². The van der Waals surface area contributed by atoms with Gasteiger partial charge in [0.1, 0.15) is 5.75 Å². The Bertz CT molecular complexity index is 562. The molecule has 0 aliphatic carbocycles. The van der Waals surface area contributed by atoms with Crippen LogP contribution in [0.3, 0.4) is 0 Å². The van der Waals surface area contributed by atoms with E-state index in [1.807, 2.05) is 35.7 Å². The fourth-order valence-electron chi connectivity index (χ4n) is 1.50. The molecule has 20 heavy (non-hydrogen) atoms. The maximum atomic E-state index is 11.6. The summed E-state index contributed by atoms with van der Waals surface area (Å²) in [6, 6.07) is 11.2. The maximum Gasteiger partial charge on any atom is 0.281 e. The Morgan fingerprint density at radius 1 is 1.35 bits per heavy atom. The molecule has 2 rings (SSSR count). The van der Waals surface area contributed by atoms with E-state index in [4.69, 9.17) is 4.74 Å². The smallest absolute Gasteiger partial charge is 0.281 e. The Balaban J connectivity index is 1.86. The molecule has 0 spiro atoms. The summed E-state index contributed by atoms with van der Waals surface area (Å²) in [5, 5.41) is 5.79. The molecule has 0 bridgehead atoms. The van der Waals surface area contributed by atoms with E-state index in [1.54, 1.807) is 12.3 Å². The normalized spacial score (nSPS) is 10.7. The first-order chi connectivity index (χ1) is 9.79. The molecule has 104 valence electrons. The maximum absolute atomic E-state index is 11.6. The van der Waals surface area contributed by atoms with Crippen LogP contribution >= 0.6 is 11.3 Å². The van der Waals surface area contributed by atoms with E-state index in [2.05, 4.69) is 17.5 Å². The standard InChI is InChI=1S/C15H16N2O2S/c1-2-9-19-13-7-5-12(6-8-13)11-16-17-15(18)14-4-3-10-20-14/h3-8,10-11H,2,9H2,1H3,(H,17,18)/b16-11-. The highest BCUT2D eigenvalue weighted by Crippen LogP contribution is 2.11. The average Bonchev–Trinajstić information content (AvgIpc) is 3.00. The first kappa shape index (κ1) is 14.3. The Morgan fingerprint density at radius 3 is 2.80 bits per heavy atom. The minimum Gasteiger partial charge on any atom is -0.494 e. The van der Waals surface area contributed by atoms with E-state index < -0.39 is 0 Å². The largest absolute Gasteiger partial charge is 0.494 e. The van der Waals surface area contributed by atoms with Gasteiger partial charge in [-0.15, -0.1) is 11.3 Å². The number of nitrogens with zero attached hydrogens (tertiary/aromatic N) is 1. The molecule has 0 aliphatic rings. The first-order valence-electron chi connectivity index (χ1n) is 6.39. The Kier molecular flexibility index (Phi) is 5.32. The molecule has 0 saturated carbocycles. The molecule has 0 radical (unpaired) electrons. The second-order valence-electron chi connectivity index (χ2n) is 4.09. The molecule has 0 fully saturated rings. The van der Waals surface area contributed by atoms with Crippen LogP contribution in [0.2, 0.25) is 0 Å². The monoisotopic (exact) mass is 288 g/mol. The highest BCUT2D eigenvalue weighted by atomic mass is 32.1. The van der Waals surface area contributed by atoms with Gasteiger partial charge in [0.25, 0.3) is 5.91 Å². The van der Waals surface area contributed by atoms with Crippen molar-refractivity contribution in [1.29, 1.82) is 0 Å². The van der Waals surface area contributed by atoms with Crippen LogP contribution in [0.1, 0.15) is 28.6 Å². The molecule has 2 aromatic rings. The van der Waals surface area contributed by atoms with Crippen LogP contribution in [0.5, 0.6) is 5.75 Å². The van der Waals surface area contributed by atoms with Gasteiger partial charge in [0.2, 0.25) is 0 Å². The lowest BCUT2D eigenvalue weighted by Crippen LogP contribution is -2.16. The molecule has 0 atom stereocenters. The van der Waals surface area contributed by atoms with Crippen molar-refractivity contribution < 1.29 is 9.53 Å². The molecule has 0 aliphatic heterocycles. The second kappa shape index (κ2) is 7.45. The van der Waals surface area contributed by atoms with E-state index in [9.17, 15) is 4.79 Å². The van der Waals surface area contributed by atoms with E-state index in [-0.39, 0.29) is 5.91 Å². The van der Waals surface area contributed by atoms with Gasteiger partial charge in [0.05, 0.1) is 17.7 Å². The Morgan fingerprint density at radius 2 is 2.15 bits per heavy atom. The molecule has 0 saturated heterocycles. The van der Waals surface area contributed by atoms with Crippen LogP contribution < -0.4 is 10.2 Å². The van der Waals surface area contributed by atoms with Crippen molar-refractivity contribution in [2.45, 2.75) is 13.3 Å². The molecule has 1 aromatic carbocycles. The number of ether oxygens (including phenoxy) is 1. The molecule has 4 nitrogen and oxygen atoms in total. The van der Waals surface area contributed by atoms with Gasteiger partial charge in [-0.25, -0.2) is 5.43 Å². The molecule has 1 heterocycles. The summed E-state index contributed by atoms with van der Waals surface area (Å²) < 4.78 is 5.49. The van der Waals surface area contributed by atoms with Crippen LogP contribution in [0.4, 0.5) is 0 Å². The molecule has 1 aromatic heterocycles. The second-order valence-corrected chi connectivity index (χ2v) is 5.04. The summed E-state index contributed by atoms with van der Waals surface area (Å²) in [7, 11) is 0. The number of amides is 1. The van der Waals surface area contributed by atoms with Gasteiger partial charge in [-0.05, 0) is 47.7 Å². The Hall–Kier alpha value is -2.14. The van der Waals surface area contributed by atoms with Crippen molar-refractivity contribution >= 4 is 23.5 Å². The minimum absolute atomic E-state index is 0.195. The summed E-state index contributed by atoms with van der Waals surface area (Å²) in [4.78, 5) is 12.3. The van der Waals surface area contributed by atoms with Crippen molar-refractivity contribution in [3.8, 4) is 5.75 Å². The van der Waals surface area contributed by atoms with Crippen molar-refractivity contribution in [1.82, 2.24) is 5.43 Å². The third-order valence-electron chi connectivity index (χ3n) is 2.48. The average molecular weight is 288 g/mol. The van der Waals surface area contributed by atoms with Crippen molar-refractivity contribution in [3.63, 3.8) is 0 Å². The van der Waals surface area contributed by atoms with Gasteiger partial charge >= 0.3 is 0 Å². The van der Waals surface area contributed by atoms with Crippen LogP contribution in [0, 0.1) is 0 Å². The third kappa shape index (κ3) is 4.20. The summed E-state index contributed by atoms with van der Waals surface area (Å²) in [5.41, 5.74) is 3.40. The number of hydrazone groups is 1. The number of rotatable bonds is 6. The van der Waals surface area contributed by atoms with Crippen LogP contribution in [0.25, 0.3) is 0 Å². The molecular weight excluding hydrogens is 272 g/mol. The van der Waals surface area contributed by atoms with Gasteiger partial charge in [-0.2, -0.15) is 5.10 Å². The lowest BCUT2D eigenvalue weighted by atomic mass is 10.2. The van der Waals surface area contributed by atoms with Crippen molar-refractivity contribution in [2.24, 2.45) is 5.10 Å². The van der Waals surface area contributed by atoms with Gasteiger partial charge in [0, 0.05) is 0 Å². The van der Waals surface area contributed by atoms with Crippen LogP contribution in [0.15, 0.2) is 46.9 Å². The zero-order valence-corrected chi connectivity index (χ0v) is 12.0. The summed E-state index contributed by atoms with van der Waals surface area (Å²) in [6.45, 7) is 2.78. The lowest BCUT2D eigenvalue weighted by Gasteiger charge is -2.03. The topological polar surface area (TPSA) is 50.7 Å². The number of hydrogen-bond donors (Lipinski definition) is 1. The molecule has 1 amide bonds. The predicted molar refractivity (Wildman–Crippen MR) is 81.6 cm³/mol. The highest BCUT2D eigenvalue weighted by Gasteiger charge is 2.03. The fraction of sp³-hybridized carbons (Fsp3) is 0.200. The highest BCUT2D eigenvalue weighted by molar-refractivity contribution is 7.12. The summed E-state index contributed by atoms with van der Waals surface area (Å²) >= 11 is 1.38. The van der Waals surface area contributed by atoms with E-state index in [1.165, 1.54) is 11.3 Å². The molecule has 0 unspecified atom stereocenters. The SMILES string of the molecule is CCCOc1ccc(/C=N\NC(=O)c2cccs2)cc1. The van der Waals surface area contributed by atoms with Crippen LogP contribution in [-0.2, 0) is 0 Å². The predicted octanol–water partition coefficient (Wildman–Crippen LogP) is 3.30. The Labute approximate surface area is 122 Å². The van der Waals surface area contributed by atoms with E-state index in [0.29, 0.717) is 11.5 Å². The quantitative estimate of drug-likeness (QED) is 0.655. The van der Waals surface area contributed by atoms with Gasteiger partial charge in [-0.3, -0.25) is 4.79 Å². The van der Waals surface area contributed by atoms with Gasteiger partial charge in [0.15, 0.2) is 0 Å². The summed E-state index contributed by atoms with van der Waals surface area (Å²) in [6.07, 6.45) is 2.59. The number of nitrogens with one attached hydrogen (secondary N) is 1. The van der Waals surface area contributed by atoms with Gasteiger partial charge in [-0.1, -0.05) is 13.0 Å². The lowest BCUT2D eigenvalue weighted by molar-refractivity contribution is 0.0959. The van der Waals surface area contributed by atoms with Crippen molar-refractivity contribution in [2.75, 3.05) is 6.61 Å². The third-order valence-corrected chi connectivity index (χ3v) is 3.35. The first-order valence-corrected chi connectivity index (χ1v) is 7.27. The van der Waals surface area contributed by atoms with Crippen LogP contribution in [-0.4, -0.2) is 18.7 Å². The summed E-state index contributed by atoms with van der Waals surface area (Å²) in [5.74, 6) is 0.644. The zero-order chi connectivity index (χ0) is 14.2. The zero-order valence-electron chi connectivity index (χ0n) is 11.2. The number of hydrogen-bond acceptors (Lipinski definition) is 4. The fourth-order valence-corrected chi connectivity index (χ4v) is 2.11. The number of carbonyl (C=O) groups is 1. The molecule has 5 heteroatoms. The minimum atomic E-state index is -0.195. The van der Waals surface area contributed by atoms with E-state index >= 15 is 0 Å². The van der Waals surface area contributed by atoms with Gasteiger partial charge < -0.3 is 4.74 Å². The van der Waals surface area contributed by atoms with Crippen molar-refractivity contribution in [3.05, 3.63) is 52.2 Å². The molecule has 1 N–H and O–H groups in total. The number of carbonyl (C=O) groups excluding carboxylic acids is 1. The number of thiophene rings is 1. The number of benzene rings is 1. The molecular formula is C15H16N2O2S.